The minimum Gasteiger partial charge on any atom is -0.371 e. The summed E-state index contributed by atoms with van der Waals surface area (Å²) in [5.41, 5.74) is 0.445. The van der Waals surface area contributed by atoms with Crippen molar-refractivity contribution in [1.29, 1.82) is 0 Å². The van der Waals surface area contributed by atoms with Gasteiger partial charge in [0.1, 0.15) is 5.50 Å². The lowest BCUT2D eigenvalue weighted by molar-refractivity contribution is -0.104. The van der Waals surface area contributed by atoms with Crippen LogP contribution in [-0.4, -0.2) is 11.8 Å². The molecule has 1 aliphatic rings. The quantitative estimate of drug-likeness (QED) is 0.334. The maximum absolute atomic E-state index is 10.1. The van der Waals surface area contributed by atoms with Gasteiger partial charge in [-0.1, -0.05) is 17.7 Å². The highest BCUT2D eigenvalue weighted by atomic mass is 35.5. The number of allylic oxidation sites excluding steroid dienone is 2. The Morgan fingerprint density at radius 1 is 1.78 bits per heavy atom. The van der Waals surface area contributed by atoms with Gasteiger partial charge in [-0.25, -0.2) is 0 Å². The minimum atomic E-state index is -0.173. The van der Waals surface area contributed by atoms with Crippen molar-refractivity contribution in [3.8, 4) is 0 Å². The topological polar surface area (TPSA) is 29.1 Å². The Morgan fingerprint density at radius 3 is 3.00 bits per heavy atom. The van der Waals surface area contributed by atoms with Gasteiger partial charge in [0.25, 0.3) is 0 Å². The first kappa shape index (κ1) is 6.36. The molecule has 0 amide bonds. The van der Waals surface area contributed by atoms with E-state index < -0.39 is 0 Å². The molecule has 9 heavy (non-hydrogen) atoms. The maximum atomic E-state index is 10.1. The Balaban J connectivity index is 2.62. The van der Waals surface area contributed by atoms with E-state index >= 15 is 0 Å². The predicted molar refractivity (Wildman–Crippen MR) is 36.1 cm³/mol. The van der Waals surface area contributed by atoms with Gasteiger partial charge in [0, 0.05) is 11.8 Å². The van der Waals surface area contributed by atoms with Crippen LogP contribution in [0.1, 0.15) is 0 Å². The summed E-state index contributed by atoms with van der Waals surface area (Å²) in [4.78, 5) is 10.1. The molecule has 1 N–H and O–H groups in total. The van der Waals surface area contributed by atoms with Gasteiger partial charge in [-0.3, -0.25) is 4.79 Å². The largest absolute Gasteiger partial charge is 0.371 e. The number of carbonyl (C=O) groups is 1. The summed E-state index contributed by atoms with van der Waals surface area (Å²) in [5, 5.41) is 2.77. The fraction of sp³-hybridized carbons (Fsp3) is 0.167. The molecule has 0 aromatic carbocycles. The van der Waals surface area contributed by atoms with Crippen molar-refractivity contribution in [1.82, 2.24) is 5.32 Å². The predicted octanol–water partition coefficient (Wildman–Crippen LogP) is 0.793. The van der Waals surface area contributed by atoms with E-state index in [9.17, 15) is 4.79 Å². The van der Waals surface area contributed by atoms with Gasteiger partial charge >= 0.3 is 0 Å². The number of hydrogen-bond acceptors (Lipinski definition) is 2. The number of alkyl halides is 1. The molecule has 1 atom stereocenters. The number of dihydropyridines is 1. The zero-order chi connectivity index (χ0) is 6.69. The van der Waals surface area contributed by atoms with Gasteiger partial charge in [0.2, 0.25) is 0 Å². The molecular weight excluding hydrogens is 138 g/mol. The van der Waals surface area contributed by atoms with E-state index in [0.29, 0.717) is 5.57 Å². The lowest BCUT2D eigenvalue weighted by Crippen LogP contribution is -2.18. The number of halogens is 1. The number of hydrogen-bond donors (Lipinski definition) is 1. The third-order valence-corrected chi connectivity index (χ3v) is 1.27. The summed E-state index contributed by atoms with van der Waals surface area (Å²) >= 11 is 5.58. The number of carbonyl (C=O) groups excluding carboxylic acids is 1. The zero-order valence-corrected chi connectivity index (χ0v) is 5.43. The Kier molecular flexibility index (Phi) is 1.90. The zero-order valence-electron chi connectivity index (χ0n) is 4.67. The smallest absolute Gasteiger partial charge is 0.151 e. The number of aldehydes is 1. The summed E-state index contributed by atoms with van der Waals surface area (Å²) in [6.07, 6.45) is 5.75. The van der Waals surface area contributed by atoms with Crippen molar-refractivity contribution in [2.24, 2.45) is 0 Å². The van der Waals surface area contributed by atoms with Crippen LogP contribution >= 0.6 is 11.6 Å². The normalized spacial score (nSPS) is 24.6. The number of nitrogens with one attached hydrogen (secondary N) is 1. The highest BCUT2D eigenvalue weighted by molar-refractivity contribution is 6.21. The van der Waals surface area contributed by atoms with Gasteiger partial charge in [0.05, 0.1) is 0 Å². The van der Waals surface area contributed by atoms with Gasteiger partial charge < -0.3 is 5.32 Å². The molecule has 2 nitrogen and oxygen atoms in total. The molecule has 0 bridgehead atoms. The van der Waals surface area contributed by atoms with Crippen LogP contribution < -0.4 is 5.32 Å². The molecule has 0 aromatic rings. The van der Waals surface area contributed by atoms with Crippen molar-refractivity contribution in [3.63, 3.8) is 0 Å². The molecule has 1 heterocycles. The molecule has 1 unspecified atom stereocenters. The Bertz CT molecular complexity index is 174. The summed E-state index contributed by atoms with van der Waals surface area (Å²) < 4.78 is 0. The highest BCUT2D eigenvalue weighted by Gasteiger charge is 2.00. The summed E-state index contributed by atoms with van der Waals surface area (Å²) in [5.74, 6) is 0. The Morgan fingerprint density at radius 2 is 2.56 bits per heavy atom. The number of rotatable bonds is 1. The maximum Gasteiger partial charge on any atom is 0.151 e. The first-order chi connectivity index (χ1) is 4.33. The van der Waals surface area contributed by atoms with Gasteiger partial charge in [-0.05, 0) is 6.08 Å². The molecule has 1 rings (SSSR count). The molecule has 3 heteroatoms. The third-order valence-electron chi connectivity index (χ3n) is 1.00. The second-order valence-electron chi connectivity index (χ2n) is 1.69. The van der Waals surface area contributed by atoms with Crippen LogP contribution in [0.4, 0.5) is 0 Å². The van der Waals surface area contributed by atoms with Gasteiger partial charge in [0.15, 0.2) is 6.29 Å². The third kappa shape index (κ3) is 1.57. The second kappa shape index (κ2) is 2.69. The molecule has 0 aliphatic carbocycles. The van der Waals surface area contributed by atoms with Crippen LogP contribution in [0.15, 0.2) is 23.9 Å². The van der Waals surface area contributed by atoms with Crippen molar-refractivity contribution >= 4 is 17.9 Å². The standard InChI is InChI=1S/C6H6ClNO/c7-6-2-1-5(4-9)3-8-6/h1-4,6,8H. The fourth-order valence-corrected chi connectivity index (χ4v) is 0.684. The molecule has 0 saturated heterocycles. The summed E-state index contributed by atoms with van der Waals surface area (Å²) in [7, 11) is 0. The van der Waals surface area contributed by atoms with Crippen molar-refractivity contribution in [2.45, 2.75) is 5.50 Å². The van der Waals surface area contributed by atoms with Crippen LogP contribution in [0.2, 0.25) is 0 Å². The molecule has 0 aromatic heterocycles. The highest BCUT2D eigenvalue weighted by Crippen LogP contribution is 2.03. The van der Waals surface area contributed by atoms with E-state index in [1.807, 2.05) is 0 Å². The Hall–Kier alpha value is -0.760. The lowest BCUT2D eigenvalue weighted by Gasteiger charge is -2.08. The van der Waals surface area contributed by atoms with Crippen LogP contribution in [-0.2, 0) is 4.79 Å². The van der Waals surface area contributed by atoms with E-state index in [1.54, 1.807) is 18.4 Å². The van der Waals surface area contributed by atoms with Crippen LogP contribution in [0.3, 0.4) is 0 Å². The fourth-order valence-electron chi connectivity index (χ4n) is 0.548. The van der Waals surface area contributed by atoms with Crippen molar-refractivity contribution in [3.05, 3.63) is 23.9 Å². The van der Waals surface area contributed by atoms with Crippen molar-refractivity contribution < 1.29 is 4.79 Å². The molecule has 0 radical (unpaired) electrons. The molecular formula is C6H6ClNO. The molecule has 48 valence electrons. The second-order valence-corrected chi connectivity index (χ2v) is 2.16. The first-order valence-corrected chi connectivity index (χ1v) is 3.00. The minimum absolute atomic E-state index is 0.173. The SMILES string of the molecule is O=CC1=CNC(Cl)C=C1. The average Bonchev–Trinajstić information content (AvgIpc) is 1.90. The molecule has 0 fully saturated rings. The van der Waals surface area contributed by atoms with E-state index in [-0.39, 0.29) is 5.50 Å². The van der Waals surface area contributed by atoms with E-state index in [1.165, 1.54) is 0 Å². The van der Waals surface area contributed by atoms with E-state index in [2.05, 4.69) is 5.32 Å². The van der Waals surface area contributed by atoms with Crippen LogP contribution in [0, 0.1) is 0 Å². The van der Waals surface area contributed by atoms with Crippen LogP contribution in [0.25, 0.3) is 0 Å². The Labute approximate surface area is 58.2 Å². The summed E-state index contributed by atoms with van der Waals surface area (Å²) in [6.45, 7) is 0. The van der Waals surface area contributed by atoms with Gasteiger partial charge in [-0.2, -0.15) is 0 Å². The lowest BCUT2D eigenvalue weighted by atomic mass is 10.2. The monoisotopic (exact) mass is 143 g/mol. The van der Waals surface area contributed by atoms with Crippen molar-refractivity contribution in [2.75, 3.05) is 0 Å². The van der Waals surface area contributed by atoms with Gasteiger partial charge in [-0.15, -0.1) is 0 Å². The summed E-state index contributed by atoms with van der Waals surface area (Å²) in [6, 6.07) is 0. The molecule has 1 aliphatic heterocycles. The average molecular weight is 144 g/mol. The molecule has 0 saturated carbocycles. The van der Waals surface area contributed by atoms with Crippen LogP contribution in [0.5, 0.6) is 0 Å². The van der Waals surface area contributed by atoms with E-state index in [0.717, 1.165) is 6.29 Å². The first-order valence-electron chi connectivity index (χ1n) is 2.56. The van der Waals surface area contributed by atoms with E-state index in [4.69, 9.17) is 11.6 Å². The molecule has 0 spiro atoms.